The van der Waals surface area contributed by atoms with Gasteiger partial charge in [-0.2, -0.15) is 13.2 Å². The first-order valence-electron chi connectivity index (χ1n) is 10.2. The summed E-state index contributed by atoms with van der Waals surface area (Å²) in [4.78, 5) is 38.1. The van der Waals surface area contributed by atoms with Crippen LogP contribution in [0, 0.1) is 0 Å². The van der Waals surface area contributed by atoms with Crippen molar-refractivity contribution in [1.29, 1.82) is 0 Å². The first kappa shape index (κ1) is 26.2. The maximum atomic E-state index is 13.1. The van der Waals surface area contributed by atoms with E-state index in [1.54, 1.807) is 0 Å². The molecule has 1 heterocycles. The summed E-state index contributed by atoms with van der Waals surface area (Å²) in [6.45, 7) is -0.00117. The highest BCUT2D eigenvalue weighted by Gasteiger charge is 2.30. The molecule has 0 radical (unpaired) electrons. The third kappa shape index (κ3) is 6.80. The Morgan fingerprint density at radius 3 is 2.34 bits per heavy atom. The average molecular weight is 553 g/mol. The lowest BCUT2D eigenvalue weighted by Gasteiger charge is -2.19. The highest BCUT2D eigenvalue weighted by Crippen LogP contribution is 2.29. The van der Waals surface area contributed by atoms with Crippen LogP contribution in [0.2, 0.25) is 0 Å². The number of hydrogen-bond donors (Lipinski definition) is 1. The standard InChI is InChI=1S/C24H20BrF3N2O5/c1-34-23(33)20(14-35-13-15-5-3-2-4-6-15)30-12-18(25)11-19(22(30)32)29-21(31)16-7-9-17(10-8-16)24(26,27)28/h2-12,20H,13-14H2,1H3,(H,29,31)/t20-/m0/s1. The minimum atomic E-state index is -4.54. The summed E-state index contributed by atoms with van der Waals surface area (Å²) in [5.74, 6) is -1.53. The number of carbonyl (C=O) groups excluding carboxylic acids is 2. The van der Waals surface area contributed by atoms with Crippen molar-refractivity contribution in [2.24, 2.45) is 0 Å². The average Bonchev–Trinajstić information content (AvgIpc) is 2.84. The summed E-state index contributed by atoms with van der Waals surface area (Å²) in [6, 6.07) is 12.9. The van der Waals surface area contributed by atoms with Gasteiger partial charge in [-0.1, -0.05) is 30.3 Å². The van der Waals surface area contributed by atoms with Crippen molar-refractivity contribution in [3.8, 4) is 0 Å². The molecule has 35 heavy (non-hydrogen) atoms. The van der Waals surface area contributed by atoms with Crippen LogP contribution < -0.4 is 10.9 Å². The molecule has 1 N–H and O–H groups in total. The van der Waals surface area contributed by atoms with Gasteiger partial charge in [0.25, 0.3) is 11.5 Å². The molecule has 184 valence electrons. The Balaban J connectivity index is 1.83. The van der Waals surface area contributed by atoms with E-state index in [4.69, 9.17) is 9.47 Å². The van der Waals surface area contributed by atoms with E-state index in [9.17, 15) is 27.6 Å². The van der Waals surface area contributed by atoms with Gasteiger partial charge >= 0.3 is 12.1 Å². The molecular weight excluding hydrogens is 533 g/mol. The van der Waals surface area contributed by atoms with Crippen molar-refractivity contribution < 1.29 is 32.2 Å². The molecule has 0 spiro atoms. The Labute approximate surface area is 206 Å². The van der Waals surface area contributed by atoms with Crippen molar-refractivity contribution >= 4 is 33.5 Å². The van der Waals surface area contributed by atoms with E-state index in [2.05, 4.69) is 21.2 Å². The second kappa shape index (κ2) is 11.3. The predicted octanol–water partition coefficient (Wildman–Crippen LogP) is 4.81. The molecular formula is C24H20BrF3N2O5. The number of amides is 1. The first-order valence-corrected chi connectivity index (χ1v) is 11.0. The fourth-order valence-electron chi connectivity index (χ4n) is 3.15. The number of halogens is 4. The predicted molar refractivity (Wildman–Crippen MR) is 125 cm³/mol. The molecule has 3 aromatic rings. The summed E-state index contributed by atoms with van der Waals surface area (Å²) < 4.78 is 50.2. The second-order valence-electron chi connectivity index (χ2n) is 7.35. The lowest BCUT2D eigenvalue weighted by Crippen LogP contribution is -2.35. The van der Waals surface area contributed by atoms with E-state index >= 15 is 0 Å². The van der Waals surface area contributed by atoms with Gasteiger partial charge in [0.15, 0.2) is 6.04 Å². The van der Waals surface area contributed by atoms with Crippen molar-refractivity contribution in [1.82, 2.24) is 4.57 Å². The van der Waals surface area contributed by atoms with Crippen LogP contribution in [-0.4, -0.2) is 30.2 Å². The Bertz CT molecular complexity index is 1240. The Morgan fingerprint density at radius 1 is 1.09 bits per heavy atom. The molecule has 0 aliphatic heterocycles. The molecule has 0 aliphatic carbocycles. The zero-order valence-electron chi connectivity index (χ0n) is 18.3. The number of rotatable bonds is 8. The van der Waals surface area contributed by atoms with Crippen LogP contribution in [0.3, 0.4) is 0 Å². The number of nitrogens with zero attached hydrogens (tertiary/aromatic N) is 1. The molecule has 1 amide bonds. The quantitative estimate of drug-likeness (QED) is 0.405. The lowest BCUT2D eigenvalue weighted by atomic mass is 10.1. The Hall–Kier alpha value is -3.44. The number of nitrogens with one attached hydrogen (secondary N) is 1. The molecule has 1 atom stereocenters. The van der Waals surface area contributed by atoms with Gasteiger partial charge < -0.3 is 14.8 Å². The van der Waals surface area contributed by atoms with Gasteiger partial charge in [0.05, 0.1) is 25.9 Å². The molecule has 0 saturated carbocycles. The zero-order valence-corrected chi connectivity index (χ0v) is 19.9. The van der Waals surface area contributed by atoms with Crippen molar-refractivity contribution in [3.63, 3.8) is 0 Å². The summed E-state index contributed by atoms with van der Waals surface area (Å²) in [7, 11) is 1.17. The fraction of sp³-hybridized carbons (Fsp3) is 0.208. The number of benzene rings is 2. The second-order valence-corrected chi connectivity index (χ2v) is 8.27. The largest absolute Gasteiger partial charge is 0.467 e. The molecule has 0 aliphatic rings. The number of ether oxygens (including phenoxy) is 2. The maximum Gasteiger partial charge on any atom is 0.416 e. The summed E-state index contributed by atoms with van der Waals surface area (Å²) in [5.41, 5.74) is -1.05. The summed E-state index contributed by atoms with van der Waals surface area (Å²) in [6.07, 6.45) is -3.19. The van der Waals surface area contributed by atoms with Crippen molar-refractivity contribution in [3.05, 3.63) is 98.4 Å². The van der Waals surface area contributed by atoms with Crippen LogP contribution >= 0.6 is 15.9 Å². The molecule has 2 aromatic carbocycles. The number of anilines is 1. The molecule has 1 aromatic heterocycles. The van der Waals surface area contributed by atoms with Crippen LogP contribution in [0.15, 0.2) is 76.1 Å². The molecule has 11 heteroatoms. The minimum Gasteiger partial charge on any atom is -0.467 e. The van der Waals surface area contributed by atoms with Crippen LogP contribution in [0.1, 0.15) is 27.5 Å². The van der Waals surface area contributed by atoms with Crippen LogP contribution in [-0.2, 0) is 27.1 Å². The molecule has 0 unspecified atom stereocenters. The first-order chi connectivity index (χ1) is 16.6. The molecule has 0 saturated heterocycles. The van der Waals surface area contributed by atoms with Crippen molar-refractivity contribution in [2.45, 2.75) is 18.8 Å². The Kier molecular flexibility index (Phi) is 8.47. The molecule has 7 nitrogen and oxygen atoms in total. The number of alkyl halides is 3. The van der Waals surface area contributed by atoms with Gasteiger partial charge in [0, 0.05) is 16.2 Å². The van der Waals surface area contributed by atoms with Crippen LogP contribution in [0.4, 0.5) is 18.9 Å². The lowest BCUT2D eigenvalue weighted by molar-refractivity contribution is -0.147. The number of hydrogen-bond acceptors (Lipinski definition) is 5. The maximum absolute atomic E-state index is 13.1. The number of esters is 1. The van der Waals surface area contributed by atoms with E-state index in [1.807, 2.05) is 30.3 Å². The van der Waals surface area contributed by atoms with E-state index in [0.29, 0.717) is 4.47 Å². The number of aromatic nitrogens is 1. The monoisotopic (exact) mass is 552 g/mol. The van der Waals surface area contributed by atoms with Crippen LogP contribution in [0.5, 0.6) is 0 Å². The van der Waals surface area contributed by atoms with Gasteiger partial charge in [-0.3, -0.25) is 14.2 Å². The van der Waals surface area contributed by atoms with Gasteiger partial charge in [0.2, 0.25) is 0 Å². The van der Waals surface area contributed by atoms with Crippen molar-refractivity contribution in [2.75, 3.05) is 19.0 Å². The fourth-order valence-corrected chi connectivity index (χ4v) is 3.60. The molecule has 0 bridgehead atoms. The third-order valence-electron chi connectivity index (χ3n) is 4.93. The number of carbonyl (C=O) groups is 2. The highest BCUT2D eigenvalue weighted by atomic mass is 79.9. The van der Waals surface area contributed by atoms with Gasteiger partial charge in [-0.15, -0.1) is 0 Å². The summed E-state index contributed by atoms with van der Waals surface area (Å²) >= 11 is 3.24. The smallest absolute Gasteiger partial charge is 0.416 e. The number of methoxy groups -OCH3 is 1. The van der Waals surface area contributed by atoms with E-state index in [0.717, 1.165) is 34.4 Å². The van der Waals surface area contributed by atoms with Gasteiger partial charge in [-0.05, 0) is 51.8 Å². The third-order valence-corrected chi connectivity index (χ3v) is 5.36. The molecule has 3 rings (SSSR count). The Morgan fingerprint density at radius 2 is 1.74 bits per heavy atom. The van der Waals surface area contributed by atoms with Gasteiger partial charge in [0.1, 0.15) is 5.69 Å². The van der Waals surface area contributed by atoms with E-state index in [1.165, 1.54) is 19.4 Å². The van der Waals surface area contributed by atoms with E-state index in [-0.39, 0.29) is 24.5 Å². The highest BCUT2D eigenvalue weighted by molar-refractivity contribution is 9.10. The molecule has 0 fully saturated rings. The number of pyridine rings is 1. The normalized spacial score (nSPS) is 12.1. The van der Waals surface area contributed by atoms with Gasteiger partial charge in [-0.25, -0.2) is 4.79 Å². The topological polar surface area (TPSA) is 86.6 Å². The van der Waals surface area contributed by atoms with Crippen LogP contribution in [0.25, 0.3) is 0 Å². The summed E-state index contributed by atoms with van der Waals surface area (Å²) in [5, 5.41) is 2.38. The SMILES string of the molecule is COC(=O)[C@H](COCc1ccccc1)n1cc(Br)cc(NC(=O)c2ccc(C(F)(F)F)cc2)c1=O. The van der Waals surface area contributed by atoms with E-state index < -0.39 is 35.2 Å². The minimum absolute atomic E-state index is 0.0837. The zero-order chi connectivity index (χ0) is 25.6.